The number of benzene rings is 11. The van der Waals surface area contributed by atoms with Crippen molar-refractivity contribution < 1.29 is 82.0 Å². The number of hydrogen-bond acceptors (Lipinski definition) is 20. The summed E-state index contributed by atoms with van der Waals surface area (Å²) in [4.78, 5) is 96.1. The Balaban J connectivity index is 0.000000165. The van der Waals surface area contributed by atoms with Gasteiger partial charge >= 0.3 is 23.9 Å². The number of phenols is 2. The number of carboxylic acids is 1. The Bertz CT molecular complexity index is 5360. The number of carboxylic acid groups (broad SMARTS) is 1. The number of carbonyl (C=O) groups is 7. The van der Waals surface area contributed by atoms with Gasteiger partial charge in [-0.3, -0.25) is 14.4 Å². The van der Waals surface area contributed by atoms with E-state index >= 15 is 0 Å². The zero-order valence-corrected chi connectivity index (χ0v) is 72.3. The van der Waals surface area contributed by atoms with Crippen LogP contribution in [0.5, 0.6) is 57.5 Å². The van der Waals surface area contributed by atoms with E-state index in [0.717, 1.165) is 100 Å². The molecule has 0 aliphatic carbocycles. The Morgan fingerprint density at radius 1 is 0.304 bits per heavy atom. The third-order valence-electron chi connectivity index (χ3n) is 19.8. The highest BCUT2D eigenvalue weighted by Gasteiger charge is 2.29. The topological polar surface area (TPSA) is 317 Å². The number of amides is 3. The minimum absolute atomic E-state index is 0.0783. The Labute approximate surface area is 729 Å². The highest BCUT2D eigenvalue weighted by Crippen LogP contribution is 2.37. The molecule has 0 saturated carbocycles. The number of carbonyl (C=O) groups excluding carboxylic acids is 6. The smallest absolute Gasteiger partial charge is 0.340 e. The molecule has 3 heterocycles. The molecule has 11 aromatic carbocycles. The molecule has 24 nitrogen and oxygen atoms in total. The van der Waals surface area contributed by atoms with Gasteiger partial charge in [-0.05, 0) is 278 Å². The van der Waals surface area contributed by atoms with Crippen LogP contribution in [0.3, 0.4) is 0 Å². The fourth-order valence-corrected chi connectivity index (χ4v) is 13.8. The van der Waals surface area contributed by atoms with Gasteiger partial charge in [-0.1, -0.05) is 78.9 Å². The first-order chi connectivity index (χ1) is 59.7. The summed E-state index contributed by atoms with van der Waals surface area (Å²) in [6, 6.07) is 72.0. The fourth-order valence-electron chi connectivity index (χ4n) is 13.8. The number of esters is 3. The van der Waals surface area contributed by atoms with Crippen molar-refractivity contribution in [2.24, 2.45) is 0 Å². The molecule has 14 rings (SSSR count). The van der Waals surface area contributed by atoms with Gasteiger partial charge in [0.2, 0.25) is 0 Å². The van der Waals surface area contributed by atoms with Gasteiger partial charge in [0.15, 0.2) is 0 Å². The third kappa shape index (κ3) is 27.4. The van der Waals surface area contributed by atoms with E-state index in [1.807, 2.05) is 176 Å². The van der Waals surface area contributed by atoms with Crippen molar-refractivity contribution in [1.82, 2.24) is 0 Å². The number of nitrogens with one attached hydrogen (secondary N) is 3. The van der Waals surface area contributed by atoms with Crippen LogP contribution in [0.4, 0.5) is 39.8 Å². The molecular formula is C101H109N7O17. The first kappa shape index (κ1) is 91.5. The minimum atomic E-state index is -1.18. The lowest BCUT2D eigenvalue weighted by atomic mass is 10.0. The van der Waals surface area contributed by atoms with Crippen molar-refractivity contribution in [3.63, 3.8) is 0 Å². The van der Waals surface area contributed by atoms with Gasteiger partial charge < -0.3 is 84.9 Å². The molecule has 3 aliphatic rings. The molecule has 0 bridgehead atoms. The number of phenolic OH excluding ortho intramolecular Hbond substituents is 2. The van der Waals surface area contributed by atoms with E-state index in [2.05, 4.69) is 36.7 Å². The summed E-state index contributed by atoms with van der Waals surface area (Å²) in [6.45, 7) is 23.7. The van der Waals surface area contributed by atoms with E-state index in [4.69, 9.17) is 38.9 Å². The van der Waals surface area contributed by atoms with E-state index in [1.165, 1.54) is 49.6 Å². The van der Waals surface area contributed by atoms with Crippen LogP contribution in [0.25, 0.3) is 0 Å². The van der Waals surface area contributed by atoms with E-state index in [1.54, 1.807) is 106 Å². The molecular weight excluding hydrogens is 1580 g/mol. The first-order valence-electron chi connectivity index (χ1n) is 41.9. The Kier molecular flexibility index (Phi) is 31.1. The summed E-state index contributed by atoms with van der Waals surface area (Å²) in [5, 5.41) is 38.7. The van der Waals surface area contributed by atoms with E-state index in [-0.39, 0.29) is 56.6 Å². The first-order valence-corrected chi connectivity index (χ1v) is 41.9. The van der Waals surface area contributed by atoms with Crippen molar-refractivity contribution in [3.05, 3.63) is 293 Å². The second-order valence-electron chi connectivity index (χ2n) is 33.3. The van der Waals surface area contributed by atoms with Crippen LogP contribution in [-0.2, 0) is 14.2 Å². The molecule has 650 valence electrons. The largest absolute Gasteiger partial charge is 0.507 e. The van der Waals surface area contributed by atoms with Crippen LogP contribution in [0, 0.1) is 6.92 Å². The number of nitrogens with two attached hydrogens (primary N) is 1. The fraction of sp³-hybridized carbons (Fsp3) is 0.277. The number of nitrogens with zero attached hydrogens (tertiary/aromatic N) is 3. The molecule has 0 spiro atoms. The number of para-hydroxylation sites is 4. The number of rotatable bonds is 21. The van der Waals surface area contributed by atoms with Crippen LogP contribution in [0.2, 0.25) is 0 Å². The SMILES string of the molecule is CC(C)(C)OC(=O)c1ccc(Oc2ccccc2)cc1N.CC(C)(C)OC(=O)c1ccc(Oc2ccccc2)cc1NC(=O)c1cc(N2CCCCC2)ccc1O.Cc1ccc(N2CCCCC2)cc1C(=O)Nc1cc(Oc2ccccc2)ccc1C(=O)OC(C)(C)C.O=C(Nc1cc(Oc2ccccc2)ccc1C(=O)O)c1cc(N2CCCCC2)ccc1O. The lowest BCUT2D eigenvalue weighted by Crippen LogP contribution is -2.29. The summed E-state index contributed by atoms with van der Waals surface area (Å²) in [6.07, 6.45) is 10.3. The standard InChI is InChI=1S/C30H34N2O4.C29H32N2O5.C25H24N2O5.C17H19NO3/c1-21-13-14-22(32-17-9-6-10-18-32)19-26(21)28(33)31-27-20-24(35-23-11-7-5-8-12-23)15-16-25(27)29(34)36-30(2,3)4;1-29(2,3)36-28(34)23-14-13-22(35-21-10-6-4-7-11-21)19-25(23)30-27(33)24-18-20(12-15-26(24)32)31-16-8-5-9-17-31;28-23-12-9-17(27-13-5-2-6-14-27)15-21(23)24(29)26-22-16-19(10-11-20(22)25(30)31)32-18-7-3-1-4-8-18;1-17(2,3)21-16(19)14-10-9-13(11-15(14)18)20-12-7-5-4-6-8-12/h5,7-8,11-16,19-20H,6,9-10,17-18H2,1-4H3,(H,31,33);4,6-7,10-15,18-19,32H,5,8-9,16-17H2,1-3H3,(H,30,33);1,3-4,7-12,15-16,28H,2,5-6,13-14H2,(H,26,29)(H,30,31);4-11H,18H2,1-3H3. The van der Waals surface area contributed by atoms with Crippen molar-refractivity contribution in [3.8, 4) is 57.5 Å². The zero-order valence-electron chi connectivity index (χ0n) is 72.3. The summed E-state index contributed by atoms with van der Waals surface area (Å²) in [5.74, 6) is 0.0365. The number of anilines is 7. The average Bonchev–Trinajstić information content (AvgIpc) is 0.811. The van der Waals surface area contributed by atoms with E-state index in [0.29, 0.717) is 68.5 Å². The number of nitrogen functional groups attached to an aromatic ring is 1. The van der Waals surface area contributed by atoms with Crippen LogP contribution < -0.4 is 55.3 Å². The summed E-state index contributed by atoms with van der Waals surface area (Å²) in [7, 11) is 0. The average molecular weight is 1690 g/mol. The maximum atomic E-state index is 13.5. The lowest BCUT2D eigenvalue weighted by Gasteiger charge is -2.29. The number of hydrogen-bond donors (Lipinski definition) is 7. The van der Waals surface area contributed by atoms with Crippen LogP contribution in [-0.4, -0.2) is 113 Å². The van der Waals surface area contributed by atoms with E-state index < -0.39 is 52.5 Å². The molecule has 3 amide bonds. The molecule has 3 fully saturated rings. The molecule has 0 radical (unpaired) electrons. The predicted octanol–water partition coefficient (Wildman–Crippen LogP) is 22.5. The normalized spacial score (nSPS) is 13.2. The van der Waals surface area contributed by atoms with Gasteiger partial charge in [0.05, 0.1) is 50.4 Å². The predicted molar refractivity (Wildman–Crippen MR) is 488 cm³/mol. The number of aromatic carboxylic acids is 1. The molecule has 24 heteroatoms. The number of aryl methyl sites for hydroxylation is 1. The molecule has 11 aromatic rings. The van der Waals surface area contributed by atoms with Gasteiger partial charge in [0.25, 0.3) is 17.7 Å². The van der Waals surface area contributed by atoms with Gasteiger partial charge in [0, 0.05) is 91.8 Å². The maximum Gasteiger partial charge on any atom is 0.340 e. The Morgan fingerprint density at radius 3 is 0.888 bits per heavy atom. The van der Waals surface area contributed by atoms with Crippen molar-refractivity contribution >= 4 is 81.4 Å². The quantitative estimate of drug-likeness (QED) is 0.0200. The van der Waals surface area contributed by atoms with Crippen molar-refractivity contribution in [2.45, 2.75) is 144 Å². The second-order valence-corrected chi connectivity index (χ2v) is 33.3. The Morgan fingerprint density at radius 2 is 0.576 bits per heavy atom. The van der Waals surface area contributed by atoms with Gasteiger partial charge in [-0.25, -0.2) is 19.2 Å². The minimum Gasteiger partial charge on any atom is -0.507 e. The monoisotopic (exact) mass is 1690 g/mol. The lowest BCUT2D eigenvalue weighted by molar-refractivity contribution is 0.00580. The highest BCUT2D eigenvalue weighted by atomic mass is 16.6. The third-order valence-corrected chi connectivity index (χ3v) is 19.8. The number of ether oxygens (including phenoxy) is 7. The van der Waals surface area contributed by atoms with Crippen LogP contribution >= 0.6 is 0 Å². The van der Waals surface area contributed by atoms with Crippen LogP contribution in [0.1, 0.15) is 198 Å². The molecule has 0 atom stereocenters. The molecule has 0 unspecified atom stereocenters. The molecule has 125 heavy (non-hydrogen) atoms. The van der Waals surface area contributed by atoms with Crippen molar-refractivity contribution in [1.29, 1.82) is 0 Å². The highest BCUT2D eigenvalue weighted by molar-refractivity contribution is 6.12. The number of aromatic hydroxyl groups is 2. The summed E-state index contributed by atoms with van der Waals surface area (Å²) in [5.41, 5.74) is 10.1. The van der Waals surface area contributed by atoms with Gasteiger partial charge in [-0.2, -0.15) is 0 Å². The molecule has 0 aromatic heterocycles. The summed E-state index contributed by atoms with van der Waals surface area (Å²) >= 11 is 0. The van der Waals surface area contributed by atoms with E-state index in [9.17, 15) is 48.9 Å². The Hall–Kier alpha value is -14.3. The molecule has 3 aliphatic heterocycles. The second kappa shape index (κ2) is 42.5. The zero-order chi connectivity index (χ0) is 89.4. The molecule has 8 N–H and O–H groups in total. The molecule has 3 saturated heterocycles. The number of piperidine rings is 3. The van der Waals surface area contributed by atoms with Crippen molar-refractivity contribution in [2.75, 3.05) is 75.7 Å². The van der Waals surface area contributed by atoms with Gasteiger partial charge in [0.1, 0.15) is 74.3 Å². The summed E-state index contributed by atoms with van der Waals surface area (Å²) < 4.78 is 39.7. The van der Waals surface area contributed by atoms with Crippen LogP contribution in [0.15, 0.2) is 249 Å². The maximum absolute atomic E-state index is 13.5. The van der Waals surface area contributed by atoms with Gasteiger partial charge in [-0.15, -0.1) is 0 Å².